The van der Waals surface area contributed by atoms with Crippen molar-refractivity contribution in [1.29, 1.82) is 0 Å². The molecule has 2 nitrogen and oxygen atoms in total. The summed E-state index contributed by atoms with van der Waals surface area (Å²) in [5.74, 6) is 0. The molecule has 0 amide bonds. The first-order valence-corrected chi connectivity index (χ1v) is 10.2. The van der Waals surface area contributed by atoms with Crippen LogP contribution in [0, 0.1) is 0 Å². The third-order valence-electron chi connectivity index (χ3n) is 5.78. The van der Waals surface area contributed by atoms with E-state index in [1.807, 2.05) is 13.0 Å². The SMILES string of the molecule is CC(O)C1(c2ccccc2Br)CN(C(c2ccccc2)c2ccccc2)C1. The van der Waals surface area contributed by atoms with E-state index in [0.29, 0.717) is 0 Å². The van der Waals surface area contributed by atoms with E-state index in [-0.39, 0.29) is 11.5 Å². The van der Waals surface area contributed by atoms with Crippen molar-refractivity contribution in [3.8, 4) is 0 Å². The largest absolute Gasteiger partial charge is 0.392 e. The Morgan fingerprint density at radius 1 is 0.815 bits per heavy atom. The summed E-state index contributed by atoms with van der Waals surface area (Å²) in [6.45, 7) is 3.56. The van der Waals surface area contributed by atoms with Crippen molar-refractivity contribution in [1.82, 2.24) is 4.90 Å². The smallest absolute Gasteiger partial charge is 0.0633 e. The molecule has 0 aromatic heterocycles. The molecule has 1 heterocycles. The van der Waals surface area contributed by atoms with Gasteiger partial charge in [-0.1, -0.05) is 94.8 Å². The highest BCUT2D eigenvalue weighted by atomic mass is 79.9. The quantitative estimate of drug-likeness (QED) is 0.613. The van der Waals surface area contributed by atoms with Gasteiger partial charge in [0.05, 0.1) is 12.1 Å². The molecule has 3 aromatic carbocycles. The summed E-state index contributed by atoms with van der Waals surface area (Å²) in [4.78, 5) is 2.47. The molecule has 0 saturated carbocycles. The van der Waals surface area contributed by atoms with E-state index >= 15 is 0 Å². The molecule has 1 aliphatic heterocycles. The molecule has 0 bridgehead atoms. The van der Waals surface area contributed by atoms with Gasteiger partial charge in [-0.05, 0) is 29.7 Å². The topological polar surface area (TPSA) is 23.5 Å². The van der Waals surface area contributed by atoms with E-state index in [4.69, 9.17) is 0 Å². The molecule has 1 unspecified atom stereocenters. The number of aliphatic hydroxyl groups is 1. The molecule has 1 atom stereocenters. The Morgan fingerprint density at radius 2 is 1.30 bits per heavy atom. The zero-order valence-corrected chi connectivity index (χ0v) is 17.0. The van der Waals surface area contributed by atoms with Crippen molar-refractivity contribution in [2.24, 2.45) is 0 Å². The van der Waals surface area contributed by atoms with Crippen molar-refractivity contribution in [2.75, 3.05) is 13.1 Å². The number of hydrogen-bond donors (Lipinski definition) is 1. The van der Waals surface area contributed by atoms with Crippen molar-refractivity contribution in [3.63, 3.8) is 0 Å². The summed E-state index contributed by atoms with van der Waals surface area (Å²) in [6.07, 6.45) is -0.417. The normalized spacial score (nSPS) is 17.5. The van der Waals surface area contributed by atoms with E-state index in [1.165, 1.54) is 16.7 Å². The lowest BCUT2D eigenvalue weighted by Gasteiger charge is -2.55. The zero-order valence-electron chi connectivity index (χ0n) is 15.4. The second-order valence-corrected chi connectivity index (χ2v) is 8.30. The highest BCUT2D eigenvalue weighted by Crippen LogP contribution is 2.46. The van der Waals surface area contributed by atoms with Gasteiger partial charge >= 0.3 is 0 Å². The van der Waals surface area contributed by atoms with Crippen LogP contribution in [0.25, 0.3) is 0 Å². The van der Waals surface area contributed by atoms with Gasteiger partial charge in [0, 0.05) is 23.0 Å². The molecule has 27 heavy (non-hydrogen) atoms. The van der Waals surface area contributed by atoms with E-state index in [1.54, 1.807) is 0 Å². The Hall–Kier alpha value is -1.94. The Morgan fingerprint density at radius 3 is 1.78 bits per heavy atom. The van der Waals surface area contributed by atoms with Gasteiger partial charge < -0.3 is 5.11 Å². The minimum Gasteiger partial charge on any atom is -0.392 e. The molecule has 0 radical (unpaired) electrons. The van der Waals surface area contributed by atoms with Gasteiger partial charge in [0.25, 0.3) is 0 Å². The lowest BCUT2D eigenvalue weighted by molar-refractivity contribution is -0.0424. The molecule has 3 aromatic rings. The maximum atomic E-state index is 10.7. The molecule has 0 aliphatic carbocycles. The number of hydrogen-bond acceptors (Lipinski definition) is 2. The molecule has 1 fully saturated rings. The van der Waals surface area contributed by atoms with Crippen LogP contribution in [0.15, 0.2) is 89.4 Å². The van der Waals surface area contributed by atoms with Crippen molar-refractivity contribution >= 4 is 15.9 Å². The molecule has 1 aliphatic rings. The number of aliphatic hydroxyl groups excluding tert-OH is 1. The van der Waals surface area contributed by atoms with Crippen molar-refractivity contribution < 1.29 is 5.11 Å². The monoisotopic (exact) mass is 421 g/mol. The number of nitrogens with zero attached hydrogens (tertiary/aromatic N) is 1. The number of benzene rings is 3. The van der Waals surface area contributed by atoms with Gasteiger partial charge in [-0.15, -0.1) is 0 Å². The van der Waals surface area contributed by atoms with Gasteiger partial charge in [-0.25, -0.2) is 0 Å². The Labute approximate surface area is 169 Å². The van der Waals surface area contributed by atoms with E-state index < -0.39 is 6.10 Å². The first-order chi connectivity index (χ1) is 13.1. The third-order valence-corrected chi connectivity index (χ3v) is 6.47. The van der Waals surface area contributed by atoms with Crippen LogP contribution in [0.3, 0.4) is 0 Å². The molecule has 0 spiro atoms. The Kier molecular flexibility index (Phi) is 5.18. The molecule has 138 valence electrons. The van der Waals surface area contributed by atoms with E-state index in [9.17, 15) is 5.11 Å². The first kappa shape index (κ1) is 18.4. The fourth-order valence-electron chi connectivity index (χ4n) is 4.27. The molecule has 1 N–H and O–H groups in total. The summed E-state index contributed by atoms with van der Waals surface area (Å²) >= 11 is 3.69. The number of halogens is 1. The van der Waals surface area contributed by atoms with Crippen molar-refractivity contribution in [3.05, 3.63) is 106 Å². The van der Waals surface area contributed by atoms with Crippen LogP contribution in [0.5, 0.6) is 0 Å². The molecular formula is C24H24BrNO. The van der Waals surface area contributed by atoms with Gasteiger partial charge in [0.15, 0.2) is 0 Å². The standard InChI is InChI=1S/C24H24BrNO/c1-18(27)24(21-14-8-9-15-22(21)25)16-26(17-24)23(19-10-4-2-5-11-19)20-12-6-3-7-13-20/h2-15,18,23,27H,16-17H2,1H3. The third kappa shape index (κ3) is 3.36. The average molecular weight is 422 g/mol. The summed E-state index contributed by atoms with van der Waals surface area (Å²) in [5, 5.41) is 10.7. The van der Waals surface area contributed by atoms with Crippen LogP contribution in [-0.2, 0) is 5.41 Å². The maximum absolute atomic E-state index is 10.7. The van der Waals surface area contributed by atoms with Crippen LogP contribution >= 0.6 is 15.9 Å². The average Bonchev–Trinajstić information content (AvgIpc) is 2.66. The van der Waals surface area contributed by atoms with E-state index in [0.717, 1.165) is 17.6 Å². The van der Waals surface area contributed by atoms with E-state index in [2.05, 4.69) is 99.7 Å². The van der Waals surface area contributed by atoms with Gasteiger partial charge in [-0.2, -0.15) is 0 Å². The minimum atomic E-state index is -0.417. The number of likely N-dealkylation sites (tertiary alicyclic amines) is 1. The summed E-state index contributed by atoms with van der Waals surface area (Å²) < 4.78 is 1.07. The van der Waals surface area contributed by atoms with Crippen molar-refractivity contribution in [2.45, 2.75) is 24.5 Å². The molecular weight excluding hydrogens is 398 g/mol. The summed E-state index contributed by atoms with van der Waals surface area (Å²) in [7, 11) is 0. The zero-order chi connectivity index (χ0) is 18.9. The highest BCUT2D eigenvalue weighted by molar-refractivity contribution is 9.10. The fraction of sp³-hybridized carbons (Fsp3) is 0.250. The number of rotatable bonds is 5. The first-order valence-electron chi connectivity index (χ1n) is 9.39. The lowest BCUT2D eigenvalue weighted by Crippen LogP contribution is -2.65. The fourth-order valence-corrected chi connectivity index (χ4v) is 4.95. The Bertz CT molecular complexity index is 849. The van der Waals surface area contributed by atoms with Crippen LogP contribution in [0.4, 0.5) is 0 Å². The summed E-state index contributed by atoms with van der Waals surface area (Å²) in [6, 6.07) is 29.8. The lowest BCUT2D eigenvalue weighted by atomic mass is 9.68. The highest BCUT2D eigenvalue weighted by Gasteiger charge is 2.51. The minimum absolute atomic E-state index is 0.196. The molecule has 1 saturated heterocycles. The second-order valence-electron chi connectivity index (χ2n) is 7.44. The predicted molar refractivity (Wildman–Crippen MR) is 114 cm³/mol. The van der Waals surface area contributed by atoms with Gasteiger partial charge in [0.1, 0.15) is 0 Å². The molecule has 3 heteroatoms. The predicted octanol–water partition coefficient (Wildman–Crippen LogP) is 5.17. The Balaban J connectivity index is 1.69. The van der Waals surface area contributed by atoms with Gasteiger partial charge in [-0.3, -0.25) is 4.90 Å². The van der Waals surface area contributed by atoms with Crippen LogP contribution < -0.4 is 0 Å². The van der Waals surface area contributed by atoms with Crippen LogP contribution in [0.2, 0.25) is 0 Å². The van der Waals surface area contributed by atoms with Crippen LogP contribution in [0.1, 0.15) is 29.7 Å². The summed E-state index contributed by atoms with van der Waals surface area (Å²) in [5.41, 5.74) is 3.52. The second kappa shape index (κ2) is 7.59. The maximum Gasteiger partial charge on any atom is 0.0633 e. The van der Waals surface area contributed by atoms with Crippen LogP contribution in [-0.4, -0.2) is 29.2 Å². The molecule has 4 rings (SSSR count). The van der Waals surface area contributed by atoms with Gasteiger partial charge in [0.2, 0.25) is 0 Å².